The molecule has 0 saturated carbocycles. The Morgan fingerprint density at radius 2 is 2.25 bits per heavy atom. The van der Waals surface area contributed by atoms with E-state index in [1.54, 1.807) is 18.2 Å². The summed E-state index contributed by atoms with van der Waals surface area (Å²) in [6.45, 7) is 1.30. The van der Waals surface area contributed by atoms with Crippen molar-refractivity contribution < 1.29 is 19.1 Å². The SMILES string of the molecule is CC(=O)Nc1on[n+](Cc2ccc(Cl)cc2Cl)c1CO. The predicted octanol–water partition coefficient (Wildman–Crippen LogP) is 1.77. The molecule has 1 aromatic heterocycles. The van der Waals surface area contributed by atoms with Crippen molar-refractivity contribution in [1.29, 1.82) is 0 Å². The molecule has 2 rings (SSSR count). The van der Waals surface area contributed by atoms with Gasteiger partial charge in [-0.05, 0) is 22.9 Å². The number of aliphatic hydroxyl groups is 1. The number of anilines is 1. The van der Waals surface area contributed by atoms with Crippen LogP contribution in [0.1, 0.15) is 18.2 Å². The van der Waals surface area contributed by atoms with Gasteiger partial charge in [-0.3, -0.25) is 14.6 Å². The second-order valence-electron chi connectivity index (χ2n) is 4.08. The van der Waals surface area contributed by atoms with Crippen molar-refractivity contribution in [1.82, 2.24) is 5.27 Å². The van der Waals surface area contributed by atoms with Gasteiger partial charge in [0.25, 0.3) is 5.69 Å². The molecule has 8 heteroatoms. The number of halogens is 2. The quantitative estimate of drug-likeness (QED) is 0.842. The van der Waals surface area contributed by atoms with Crippen LogP contribution in [0, 0.1) is 0 Å². The molecule has 1 heterocycles. The number of benzene rings is 1. The van der Waals surface area contributed by atoms with Crippen molar-refractivity contribution in [2.24, 2.45) is 0 Å². The molecule has 0 aliphatic rings. The lowest BCUT2D eigenvalue weighted by molar-refractivity contribution is -0.762. The number of aromatic nitrogens is 2. The van der Waals surface area contributed by atoms with E-state index in [-0.39, 0.29) is 24.9 Å². The van der Waals surface area contributed by atoms with Gasteiger partial charge in [0.15, 0.2) is 0 Å². The van der Waals surface area contributed by atoms with Crippen LogP contribution >= 0.6 is 23.2 Å². The zero-order valence-corrected chi connectivity index (χ0v) is 12.1. The van der Waals surface area contributed by atoms with Crippen LogP contribution < -0.4 is 10.00 Å². The molecule has 0 unspecified atom stereocenters. The van der Waals surface area contributed by atoms with Gasteiger partial charge in [-0.25, -0.2) is 0 Å². The Morgan fingerprint density at radius 1 is 1.50 bits per heavy atom. The maximum absolute atomic E-state index is 11.0. The molecule has 6 nitrogen and oxygen atoms in total. The lowest BCUT2D eigenvalue weighted by Gasteiger charge is -1.99. The second kappa shape index (κ2) is 6.21. The van der Waals surface area contributed by atoms with E-state index in [9.17, 15) is 9.90 Å². The van der Waals surface area contributed by atoms with Crippen LogP contribution in [0.15, 0.2) is 22.7 Å². The molecule has 0 spiro atoms. The molecule has 0 bridgehead atoms. The largest absolute Gasteiger partial charge is 0.385 e. The molecule has 0 radical (unpaired) electrons. The number of aliphatic hydroxyl groups excluding tert-OH is 1. The number of hydrogen-bond donors (Lipinski definition) is 2. The molecule has 0 aliphatic carbocycles. The highest BCUT2D eigenvalue weighted by molar-refractivity contribution is 6.35. The summed E-state index contributed by atoms with van der Waals surface area (Å²) in [5.74, 6) is -0.197. The maximum Gasteiger partial charge on any atom is 0.308 e. The number of nitrogens with zero attached hydrogens (tertiary/aromatic N) is 2. The molecule has 1 amide bonds. The summed E-state index contributed by atoms with van der Waals surface area (Å²) in [5, 5.41) is 16.6. The average molecular weight is 317 g/mol. The van der Waals surface area contributed by atoms with Crippen LogP contribution in [-0.2, 0) is 17.9 Å². The highest BCUT2D eigenvalue weighted by atomic mass is 35.5. The van der Waals surface area contributed by atoms with Gasteiger partial charge < -0.3 is 5.11 Å². The summed E-state index contributed by atoms with van der Waals surface area (Å²) < 4.78 is 6.40. The first-order chi connectivity index (χ1) is 9.51. The highest BCUT2D eigenvalue weighted by Gasteiger charge is 2.25. The second-order valence-corrected chi connectivity index (χ2v) is 4.93. The van der Waals surface area contributed by atoms with Gasteiger partial charge in [0.05, 0.1) is 5.02 Å². The van der Waals surface area contributed by atoms with Crippen molar-refractivity contribution >= 4 is 35.0 Å². The van der Waals surface area contributed by atoms with E-state index in [1.165, 1.54) is 11.6 Å². The number of hydrogen-bond acceptors (Lipinski definition) is 4. The molecule has 106 valence electrons. The van der Waals surface area contributed by atoms with Crippen LogP contribution in [0.2, 0.25) is 10.0 Å². The Labute approximate surface area is 124 Å². The van der Waals surface area contributed by atoms with Gasteiger partial charge in [0, 0.05) is 17.5 Å². The summed E-state index contributed by atoms with van der Waals surface area (Å²) in [6, 6.07) is 5.08. The highest BCUT2D eigenvalue weighted by Crippen LogP contribution is 2.21. The van der Waals surface area contributed by atoms with Gasteiger partial charge in [-0.2, -0.15) is 0 Å². The predicted molar refractivity (Wildman–Crippen MR) is 72.5 cm³/mol. The zero-order valence-electron chi connectivity index (χ0n) is 10.6. The minimum absolute atomic E-state index is 0.116. The molecular formula is C12H12Cl2N3O3+. The third-order valence-corrected chi connectivity index (χ3v) is 3.17. The van der Waals surface area contributed by atoms with Crippen LogP contribution in [0.3, 0.4) is 0 Å². The fraction of sp³-hybridized carbons (Fsp3) is 0.250. The topological polar surface area (TPSA) is 79.2 Å². The summed E-state index contributed by atoms with van der Waals surface area (Å²) in [7, 11) is 0. The van der Waals surface area contributed by atoms with Gasteiger partial charge in [0.2, 0.25) is 17.7 Å². The molecule has 20 heavy (non-hydrogen) atoms. The molecule has 2 N–H and O–H groups in total. The Kier molecular flexibility index (Phi) is 4.59. The monoisotopic (exact) mass is 316 g/mol. The lowest BCUT2D eigenvalue weighted by Crippen LogP contribution is -2.40. The Balaban J connectivity index is 2.29. The van der Waals surface area contributed by atoms with Gasteiger partial charge in [-0.15, -0.1) is 0 Å². The lowest BCUT2D eigenvalue weighted by atomic mass is 10.2. The van der Waals surface area contributed by atoms with Crippen molar-refractivity contribution in [2.45, 2.75) is 20.1 Å². The van der Waals surface area contributed by atoms with Crippen molar-refractivity contribution in [3.05, 3.63) is 39.5 Å². The normalized spacial score (nSPS) is 10.6. The van der Waals surface area contributed by atoms with Crippen molar-refractivity contribution in [3.63, 3.8) is 0 Å². The number of carbonyl (C=O) groups excluding carboxylic acids is 1. The van der Waals surface area contributed by atoms with Gasteiger partial charge in [0.1, 0.15) is 6.61 Å². The molecule has 2 aromatic rings. The first kappa shape index (κ1) is 14.8. The van der Waals surface area contributed by atoms with Crippen LogP contribution in [0.25, 0.3) is 0 Å². The summed E-state index contributed by atoms with van der Waals surface area (Å²) >= 11 is 11.9. The molecule has 0 atom stereocenters. The van der Waals surface area contributed by atoms with Crippen molar-refractivity contribution in [3.8, 4) is 0 Å². The van der Waals surface area contributed by atoms with Crippen LogP contribution in [0.4, 0.5) is 5.88 Å². The number of amides is 1. The van der Waals surface area contributed by atoms with E-state index in [2.05, 4.69) is 10.6 Å². The van der Waals surface area contributed by atoms with Gasteiger partial charge in [-0.1, -0.05) is 23.2 Å². The molecular weight excluding hydrogens is 305 g/mol. The van der Waals surface area contributed by atoms with Gasteiger partial charge >= 0.3 is 5.88 Å². The number of nitrogens with one attached hydrogen (secondary N) is 1. The third kappa shape index (κ3) is 3.27. The van der Waals surface area contributed by atoms with E-state index in [0.717, 1.165) is 5.56 Å². The van der Waals surface area contributed by atoms with Crippen LogP contribution in [0.5, 0.6) is 0 Å². The number of rotatable bonds is 4. The first-order valence-corrected chi connectivity index (χ1v) is 6.48. The van der Waals surface area contributed by atoms with E-state index in [0.29, 0.717) is 15.7 Å². The van der Waals surface area contributed by atoms with E-state index in [1.807, 2.05) is 0 Å². The summed E-state index contributed by atoms with van der Waals surface area (Å²) in [5.41, 5.74) is 1.12. The van der Waals surface area contributed by atoms with Crippen LogP contribution in [-0.4, -0.2) is 16.3 Å². The minimum atomic E-state index is -0.329. The smallest absolute Gasteiger partial charge is 0.308 e. The van der Waals surface area contributed by atoms with Crippen molar-refractivity contribution in [2.75, 3.05) is 5.32 Å². The molecule has 0 saturated heterocycles. The summed E-state index contributed by atoms with van der Waals surface area (Å²) in [4.78, 5) is 11.0. The van der Waals surface area contributed by atoms with E-state index in [4.69, 9.17) is 27.7 Å². The first-order valence-electron chi connectivity index (χ1n) is 5.72. The van der Waals surface area contributed by atoms with E-state index >= 15 is 0 Å². The fourth-order valence-electron chi connectivity index (χ4n) is 1.65. The molecule has 1 aromatic carbocycles. The Morgan fingerprint density at radius 3 is 2.85 bits per heavy atom. The minimum Gasteiger partial charge on any atom is -0.385 e. The summed E-state index contributed by atoms with van der Waals surface area (Å²) in [6.07, 6.45) is 0. The maximum atomic E-state index is 11.0. The average Bonchev–Trinajstić information content (AvgIpc) is 2.74. The standard InChI is InChI=1S/C12H11Cl2N3O3/c1-7(19)15-12-11(6-18)17(16-20-12)5-8-2-3-9(13)4-10(8)14/h2-4,18H,5-6H2,1H3/p+1. The molecule has 0 fully saturated rings. The Hall–Kier alpha value is -1.63. The third-order valence-electron chi connectivity index (χ3n) is 2.58. The van der Waals surface area contributed by atoms with E-state index < -0.39 is 0 Å². The fourth-order valence-corrected chi connectivity index (χ4v) is 2.12. The zero-order chi connectivity index (χ0) is 14.7. The molecule has 0 aliphatic heterocycles. The Bertz CT molecular complexity index is 643. The number of carbonyl (C=O) groups is 1.